The molecule has 3 nitrogen and oxygen atoms in total. The third-order valence-corrected chi connectivity index (χ3v) is 3.91. The summed E-state index contributed by atoms with van der Waals surface area (Å²) in [6.07, 6.45) is 2.82. The Morgan fingerprint density at radius 2 is 1.94 bits per heavy atom. The van der Waals surface area contributed by atoms with Crippen LogP contribution in [-0.2, 0) is 10.0 Å². The van der Waals surface area contributed by atoms with Gasteiger partial charge in [0.05, 0.1) is 17.6 Å². The summed E-state index contributed by atoms with van der Waals surface area (Å²) in [5.41, 5.74) is 3.48. The number of sulfonamides is 1. The van der Waals surface area contributed by atoms with E-state index in [1.54, 1.807) is 24.3 Å². The highest BCUT2D eigenvalue weighted by Gasteiger charge is 2.19. The molecule has 0 aliphatic carbocycles. The minimum atomic E-state index is -3.54. The summed E-state index contributed by atoms with van der Waals surface area (Å²) in [4.78, 5) is 0.247. The van der Waals surface area contributed by atoms with E-state index in [-0.39, 0.29) is 11.4 Å². The van der Waals surface area contributed by atoms with Crippen molar-refractivity contribution in [2.24, 2.45) is 0 Å². The van der Waals surface area contributed by atoms with Gasteiger partial charge >= 0.3 is 0 Å². The molecule has 0 spiro atoms. The Morgan fingerprint density at radius 1 is 1.35 bits per heavy atom. The molecular formula is C13H15NO2S. The Balaban J connectivity index is 3.20. The summed E-state index contributed by atoms with van der Waals surface area (Å²) < 4.78 is 25.6. The lowest BCUT2D eigenvalue weighted by Gasteiger charge is -2.17. The number of benzene rings is 1. The van der Waals surface area contributed by atoms with Gasteiger partial charge in [-0.2, -0.15) is 0 Å². The summed E-state index contributed by atoms with van der Waals surface area (Å²) in [7, 11) is -3.54. The molecule has 90 valence electrons. The van der Waals surface area contributed by atoms with Crippen LogP contribution < -0.4 is 0 Å². The minimum Gasteiger partial charge on any atom is -0.262 e. The van der Waals surface area contributed by atoms with Crippen LogP contribution in [0, 0.1) is 6.92 Å². The van der Waals surface area contributed by atoms with Crippen LogP contribution in [0.4, 0.5) is 0 Å². The van der Waals surface area contributed by atoms with E-state index in [2.05, 4.69) is 18.9 Å². The van der Waals surface area contributed by atoms with Crippen LogP contribution in [0.5, 0.6) is 0 Å². The van der Waals surface area contributed by atoms with Gasteiger partial charge in [0.25, 0.3) is 10.0 Å². The fourth-order valence-electron chi connectivity index (χ4n) is 1.29. The number of aryl methyl sites for hydroxylation is 1. The van der Waals surface area contributed by atoms with Crippen molar-refractivity contribution >= 4 is 10.0 Å². The van der Waals surface area contributed by atoms with Gasteiger partial charge in [0.2, 0.25) is 0 Å². The molecule has 0 N–H and O–H groups in total. The van der Waals surface area contributed by atoms with Crippen molar-refractivity contribution in [3.63, 3.8) is 0 Å². The Labute approximate surface area is 102 Å². The van der Waals surface area contributed by atoms with E-state index in [1.165, 1.54) is 12.3 Å². The molecular weight excluding hydrogens is 234 g/mol. The summed E-state index contributed by atoms with van der Waals surface area (Å²) in [6, 6.07) is 6.68. The standard InChI is InChI=1S/C13H15NO2S/c1-4-10-14(11-5-2)17(15,16)13-8-6-12(3)7-9-13/h4,6-9,11H,1-2,10H2,3H3. The first-order valence-electron chi connectivity index (χ1n) is 5.07. The third-order valence-electron chi connectivity index (χ3n) is 2.17. The van der Waals surface area contributed by atoms with Crippen molar-refractivity contribution < 1.29 is 8.42 Å². The van der Waals surface area contributed by atoms with Crippen molar-refractivity contribution in [1.82, 2.24) is 4.31 Å². The van der Waals surface area contributed by atoms with Crippen molar-refractivity contribution in [2.45, 2.75) is 11.8 Å². The first-order valence-corrected chi connectivity index (χ1v) is 6.51. The first kappa shape index (κ1) is 13.3. The molecule has 0 saturated carbocycles. The second-order valence-electron chi connectivity index (χ2n) is 3.51. The fourth-order valence-corrected chi connectivity index (χ4v) is 2.56. The maximum absolute atomic E-state index is 12.2. The van der Waals surface area contributed by atoms with Crippen molar-refractivity contribution in [3.8, 4) is 0 Å². The molecule has 1 rings (SSSR count). The van der Waals surface area contributed by atoms with Gasteiger partial charge in [-0.25, -0.2) is 8.42 Å². The molecule has 17 heavy (non-hydrogen) atoms. The average Bonchev–Trinajstić information content (AvgIpc) is 2.29. The van der Waals surface area contributed by atoms with Crippen LogP contribution in [0.3, 0.4) is 0 Å². The SMILES string of the molecule is C=C=CN(CC=C)S(=O)(=O)c1ccc(C)cc1. The van der Waals surface area contributed by atoms with E-state index in [9.17, 15) is 8.42 Å². The molecule has 0 atom stereocenters. The molecule has 0 aliphatic heterocycles. The van der Waals surface area contributed by atoms with Gasteiger partial charge in [0.15, 0.2) is 0 Å². The zero-order chi connectivity index (χ0) is 12.9. The molecule has 0 fully saturated rings. The highest BCUT2D eigenvalue weighted by molar-refractivity contribution is 7.89. The monoisotopic (exact) mass is 249 g/mol. The summed E-state index contributed by atoms with van der Waals surface area (Å²) in [5, 5.41) is 0. The van der Waals surface area contributed by atoms with E-state index >= 15 is 0 Å². The van der Waals surface area contributed by atoms with Gasteiger partial charge in [-0.05, 0) is 19.1 Å². The minimum absolute atomic E-state index is 0.193. The summed E-state index contributed by atoms with van der Waals surface area (Å²) >= 11 is 0. The van der Waals surface area contributed by atoms with E-state index in [1.807, 2.05) is 6.92 Å². The van der Waals surface area contributed by atoms with Gasteiger partial charge in [-0.15, -0.1) is 12.3 Å². The fraction of sp³-hybridized carbons (Fsp3) is 0.154. The Bertz CT molecular complexity index is 537. The second kappa shape index (κ2) is 5.53. The zero-order valence-electron chi connectivity index (χ0n) is 9.76. The highest BCUT2D eigenvalue weighted by atomic mass is 32.2. The topological polar surface area (TPSA) is 37.4 Å². The van der Waals surface area contributed by atoms with E-state index in [0.29, 0.717) is 0 Å². The van der Waals surface area contributed by atoms with Gasteiger partial charge in [0, 0.05) is 0 Å². The van der Waals surface area contributed by atoms with Crippen LogP contribution in [0.1, 0.15) is 5.56 Å². The van der Waals surface area contributed by atoms with E-state index in [4.69, 9.17) is 0 Å². The lowest BCUT2D eigenvalue weighted by molar-refractivity contribution is 0.523. The first-order chi connectivity index (χ1) is 8.02. The number of rotatable bonds is 5. The van der Waals surface area contributed by atoms with Gasteiger partial charge in [-0.1, -0.05) is 30.4 Å². The lowest BCUT2D eigenvalue weighted by Crippen LogP contribution is -2.25. The van der Waals surface area contributed by atoms with Gasteiger partial charge in [-0.3, -0.25) is 4.31 Å². The maximum Gasteiger partial charge on any atom is 0.264 e. The smallest absolute Gasteiger partial charge is 0.262 e. The molecule has 0 heterocycles. The van der Waals surface area contributed by atoms with Crippen molar-refractivity contribution in [3.05, 3.63) is 61.0 Å². The normalized spacial score (nSPS) is 10.4. The van der Waals surface area contributed by atoms with E-state index < -0.39 is 10.0 Å². The highest BCUT2D eigenvalue weighted by Crippen LogP contribution is 2.16. The number of hydrogen-bond donors (Lipinski definition) is 0. The second-order valence-corrected chi connectivity index (χ2v) is 5.40. The quantitative estimate of drug-likeness (QED) is 0.594. The maximum atomic E-state index is 12.2. The average molecular weight is 249 g/mol. The predicted octanol–water partition coefficient (Wildman–Crippen LogP) is 2.47. The molecule has 4 heteroatoms. The van der Waals surface area contributed by atoms with Crippen molar-refractivity contribution in [2.75, 3.05) is 6.54 Å². The Hall–Kier alpha value is -1.77. The van der Waals surface area contributed by atoms with Gasteiger partial charge < -0.3 is 0 Å². The third kappa shape index (κ3) is 3.09. The van der Waals surface area contributed by atoms with Crippen LogP contribution >= 0.6 is 0 Å². The van der Waals surface area contributed by atoms with E-state index in [0.717, 1.165) is 9.87 Å². The summed E-state index contributed by atoms with van der Waals surface area (Å²) in [5.74, 6) is 0. The predicted molar refractivity (Wildman–Crippen MR) is 69.0 cm³/mol. The molecule has 0 unspecified atom stereocenters. The largest absolute Gasteiger partial charge is 0.264 e. The summed E-state index contributed by atoms with van der Waals surface area (Å²) in [6.45, 7) is 9.01. The Kier molecular flexibility index (Phi) is 4.32. The molecule has 0 saturated heterocycles. The molecule has 1 aromatic carbocycles. The van der Waals surface area contributed by atoms with Gasteiger partial charge in [0.1, 0.15) is 0 Å². The molecule has 0 aromatic heterocycles. The molecule has 1 aromatic rings. The van der Waals surface area contributed by atoms with Crippen LogP contribution in [0.25, 0.3) is 0 Å². The molecule has 0 bridgehead atoms. The van der Waals surface area contributed by atoms with Crippen LogP contribution in [0.15, 0.2) is 60.3 Å². The molecule has 0 amide bonds. The molecule has 0 radical (unpaired) electrons. The lowest BCUT2D eigenvalue weighted by atomic mass is 10.2. The zero-order valence-corrected chi connectivity index (χ0v) is 10.6. The number of hydrogen-bond acceptors (Lipinski definition) is 2. The van der Waals surface area contributed by atoms with Crippen molar-refractivity contribution in [1.29, 1.82) is 0 Å². The Morgan fingerprint density at radius 3 is 2.41 bits per heavy atom. The molecule has 0 aliphatic rings. The number of nitrogens with zero attached hydrogens (tertiary/aromatic N) is 1. The van der Waals surface area contributed by atoms with Crippen LogP contribution in [0.2, 0.25) is 0 Å². The van der Waals surface area contributed by atoms with Crippen LogP contribution in [-0.4, -0.2) is 19.3 Å².